The van der Waals surface area contributed by atoms with Crippen molar-refractivity contribution in [3.8, 4) is 11.5 Å². The molecule has 2 heterocycles. The van der Waals surface area contributed by atoms with Crippen LogP contribution in [0.25, 0.3) is 0 Å². The summed E-state index contributed by atoms with van der Waals surface area (Å²) in [6, 6.07) is 6.41. The topological polar surface area (TPSA) is 89.2 Å². The third-order valence-electron chi connectivity index (χ3n) is 6.90. The Bertz CT molecular complexity index is 795. The Morgan fingerprint density at radius 1 is 1.23 bits per heavy atom. The Labute approximate surface area is 202 Å². The van der Waals surface area contributed by atoms with Gasteiger partial charge in [-0.25, -0.2) is 0 Å². The van der Waals surface area contributed by atoms with E-state index in [0.29, 0.717) is 19.1 Å². The number of fused-ring (bicyclic) bond motifs is 1. The Morgan fingerprint density at radius 3 is 2.74 bits per heavy atom. The number of nitrogens with one attached hydrogen (secondary N) is 1. The van der Waals surface area contributed by atoms with Crippen molar-refractivity contribution in [1.29, 1.82) is 0 Å². The molecular formula is C23H35IN4O3. The highest BCUT2D eigenvalue weighted by Crippen LogP contribution is 2.43. The van der Waals surface area contributed by atoms with Crippen LogP contribution in [-0.4, -0.2) is 50.2 Å². The summed E-state index contributed by atoms with van der Waals surface area (Å²) in [7, 11) is 1.84. The van der Waals surface area contributed by atoms with E-state index in [1.807, 2.05) is 13.1 Å². The lowest BCUT2D eigenvalue weighted by molar-refractivity contribution is -0.119. The van der Waals surface area contributed by atoms with Crippen LogP contribution in [0, 0.1) is 5.92 Å². The molecule has 0 radical (unpaired) electrons. The molecular weight excluding hydrogens is 507 g/mol. The summed E-state index contributed by atoms with van der Waals surface area (Å²) in [6.45, 7) is 2.94. The molecule has 4 rings (SSSR count). The van der Waals surface area contributed by atoms with Crippen LogP contribution in [0.15, 0.2) is 23.2 Å². The van der Waals surface area contributed by atoms with Gasteiger partial charge in [0.25, 0.3) is 0 Å². The fourth-order valence-corrected chi connectivity index (χ4v) is 5.31. The summed E-state index contributed by atoms with van der Waals surface area (Å²) in [5.41, 5.74) is 6.82. The quantitative estimate of drug-likeness (QED) is 0.339. The standard InChI is InChI=1S/C23H34N4O3.HI/c1-25-22(27-11-5-6-17(14-27)12-21(24)28)26-15-23(9-3-2-4-10-23)18-7-8-19-20(13-18)30-16-29-19;/h7-8,13,17H,2-6,9-12,14-16H2,1H3,(H2,24,28)(H,25,26);1H. The van der Waals surface area contributed by atoms with E-state index >= 15 is 0 Å². The number of halogens is 1. The first-order chi connectivity index (χ1) is 14.6. The van der Waals surface area contributed by atoms with E-state index in [9.17, 15) is 4.79 Å². The van der Waals surface area contributed by atoms with Gasteiger partial charge in [-0.2, -0.15) is 0 Å². The Balaban J connectivity index is 0.00000272. The molecule has 2 aliphatic heterocycles. The van der Waals surface area contributed by atoms with E-state index in [2.05, 4.69) is 27.3 Å². The predicted molar refractivity (Wildman–Crippen MR) is 132 cm³/mol. The highest BCUT2D eigenvalue weighted by Gasteiger charge is 2.36. The lowest BCUT2D eigenvalue weighted by Gasteiger charge is -2.40. The molecule has 31 heavy (non-hydrogen) atoms. The number of hydrogen-bond acceptors (Lipinski definition) is 4. The number of rotatable bonds is 5. The first-order valence-corrected chi connectivity index (χ1v) is 11.2. The number of nitrogens with zero attached hydrogens (tertiary/aromatic N) is 2. The molecule has 172 valence electrons. The second kappa shape index (κ2) is 10.7. The molecule has 0 bridgehead atoms. The molecule has 3 N–H and O–H groups in total. The van der Waals surface area contributed by atoms with Gasteiger partial charge in [-0.15, -0.1) is 24.0 Å². The molecule has 3 aliphatic rings. The zero-order chi connectivity index (χ0) is 21.0. The number of benzene rings is 1. The molecule has 1 amide bonds. The third-order valence-corrected chi connectivity index (χ3v) is 6.90. The summed E-state index contributed by atoms with van der Waals surface area (Å²) < 4.78 is 11.2. The van der Waals surface area contributed by atoms with E-state index in [-0.39, 0.29) is 35.3 Å². The van der Waals surface area contributed by atoms with E-state index in [0.717, 1.165) is 62.8 Å². The monoisotopic (exact) mass is 542 g/mol. The maximum Gasteiger partial charge on any atom is 0.231 e. The number of piperidine rings is 1. The number of aliphatic imine (C=N–C) groups is 1. The van der Waals surface area contributed by atoms with Crippen molar-refractivity contribution in [3.05, 3.63) is 23.8 Å². The number of guanidine groups is 1. The zero-order valence-corrected chi connectivity index (χ0v) is 20.7. The van der Waals surface area contributed by atoms with Gasteiger partial charge in [0, 0.05) is 38.5 Å². The van der Waals surface area contributed by atoms with Crippen LogP contribution in [0.4, 0.5) is 0 Å². The van der Waals surface area contributed by atoms with Gasteiger partial charge in [-0.3, -0.25) is 9.79 Å². The molecule has 1 saturated carbocycles. The molecule has 1 saturated heterocycles. The van der Waals surface area contributed by atoms with Gasteiger partial charge in [0.05, 0.1) is 0 Å². The van der Waals surface area contributed by atoms with Crippen molar-refractivity contribution in [2.45, 2.75) is 56.8 Å². The van der Waals surface area contributed by atoms with Gasteiger partial charge in [-0.05, 0) is 49.3 Å². The average Bonchev–Trinajstić information content (AvgIpc) is 3.23. The molecule has 1 unspecified atom stereocenters. The summed E-state index contributed by atoms with van der Waals surface area (Å²) in [5, 5.41) is 3.68. The first kappa shape index (κ1) is 23.9. The highest BCUT2D eigenvalue weighted by atomic mass is 127. The van der Waals surface area contributed by atoms with Crippen LogP contribution in [0.1, 0.15) is 56.9 Å². The van der Waals surface area contributed by atoms with Crippen LogP contribution >= 0.6 is 24.0 Å². The fraction of sp³-hybridized carbons (Fsp3) is 0.652. The predicted octanol–water partition coefficient (Wildman–Crippen LogP) is 3.40. The fourth-order valence-electron chi connectivity index (χ4n) is 5.31. The summed E-state index contributed by atoms with van der Waals surface area (Å²) >= 11 is 0. The molecule has 0 aromatic heterocycles. The molecule has 2 fully saturated rings. The number of carbonyl (C=O) groups is 1. The SMILES string of the molecule is CN=C(NCC1(c2ccc3c(c2)OCO3)CCCCC1)N1CCCC(CC(N)=O)C1.I. The van der Waals surface area contributed by atoms with Gasteiger partial charge >= 0.3 is 0 Å². The van der Waals surface area contributed by atoms with Crippen molar-refractivity contribution in [3.63, 3.8) is 0 Å². The van der Waals surface area contributed by atoms with Gasteiger partial charge in [0.15, 0.2) is 17.5 Å². The maximum atomic E-state index is 11.4. The van der Waals surface area contributed by atoms with Gasteiger partial charge < -0.3 is 25.4 Å². The summed E-state index contributed by atoms with van der Waals surface area (Å²) in [4.78, 5) is 18.2. The Kier molecular flexibility index (Phi) is 8.30. The van der Waals surface area contributed by atoms with E-state index in [4.69, 9.17) is 15.2 Å². The van der Waals surface area contributed by atoms with E-state index in [1.165, 1.54) is 24.8 Å². The number of carbonyl (C=O) groups excluding carboxylic acids is 1. The van der Waals surface area contributed by atoms with E-state index in [1.54, 1.807) is 0 Å². The van der Waals surface area contributed by atoms with Crippen LogP contribution in [0.2, 0.25) is 0 Å². The smallest absolute Gasteiger partial charge is 0.231 e. The molecule has 1 aromatic rings. The van der Waals surface area contributed by atoms with Crippen molar-refractivity contribution in [2.24, 2.45) is 16.6 Å². The minimum absolute atomic E-state index is 0. The minimum Gasteiger partial charge on any atom is -0.454 e. The second-order valence-corrected chi connectivity index (χ2v) is 8.93. The molecule has 7 nitrogen and oxygen atoms in total. The third kappa shape index (κ3) is 5.56. The molecule has 1 aromatic carbocycles. The highest BCUT2D eigenvalue weighted by molar-refractivity contribution is 14.0. The molecule has 1 aliphatic carbocycles. The number of primary amides is 1. The Morgan fingerprint density at radius 2 is 2.00 bits per heavy atom. The van der Waals surface area contributed by atoms with Crippen LogP contribution < -0.4 is 20.5 Å². The van der Waals surface area contributed by atoms with Gasteiger partial charge in [0.1, 0.15) is 0 Å². The minimum atomic E-state index is -0.214. The van der Waals surface area contributed by atoms with Crippen molar-refractivity contribution in [2.75, 3.05) is 33.5 Å². The lowest BCUT2D eigenvalue weighted by atomic mass is 9.69. The number of amides is 1. The molecule has 0 spiro atoms. The summed E-state index contributed by atoms with van der Waals surface area (Å²) in [5.74, 6) is 2.71. The maximum absolute atomic E-state index is 11.4. The number of nitrogens with two attached hydrogens (primary N) is 1. The van der Waals surface area contributed by atoms with Crippen LogP contribution in [-0.2, 0) is 10.2 Å². The van der Waals surface area contributed by atoms with Gasteiger partial charge in [0.2, 0.25) is 12.7 Å². The number of hydrogen-bond donors (Lipinski definition) is 2. The number of ether oxygens (including phenoxy) is 2. The Hall–Kier alpha value is -1.71. The van der Waals surface area contributed by atoms with Crippen molar-refractivity contribution >= 4 is 35.8 Å². The first-order valence-electron chi connectivity index (χ1n) is 11.2. The normalized spacial score (nSPS) is 22.5. The molecule has 1 atom stereocenters. The molecule has 8 heteroatoms. The number of likely N-dealkylation sites (tertiary alicyclic amines) is 1. The van der Waals surface area contributed by atoms with Gasteiger partial charge in [-0.1, -0.05) is 25.3 Å². The lowest BCUT2D eigenvalue weighted by Crippen LogP contribution is -2.51. The zero-order valence-electron chi connectivity index (χ0n) is 18.4. The van der Waals surface area contributed by atoms with Crippen molar-refractivity contribution in [1.82, 2.24) is 10.2 Å². The van der Waals surface area contributed by atoms with Crippen LogP contribution in [0.5, 0.6) is 11.5 Å². The largest absolute Gasteiger partial charge is 0.454 e. The average molecular weight is 542 g/mol. The summed E-state index contributed by atoms with van der Waals surface area (Å²) in [6.07, 6.45) is 8.64. The van der Waals surface area contributed by atoms with Crippen molar-refractivity contribution < 1.29 is 14.3 Å². The second-order valence-electron chi connectivity index (χ2n) is 8.93. The van der Waals surface area contributed by atoms with E-state index < -0.39 is 0 Å². The van der Waals surface area contributed by atoms with Crippen LogP contribution in [0.3, 0.4) is 0 Å².